The summed E-state index contributed by atoms with van der Waals surface area (Å²) in [7, 11) is 1.31. The van der Waals surface area contributed by atoms with Crippen LogP contribution in [0.1, 0.15) is 40.7 Å². The second kappa shape index (κ2) is 10.6. The number of esters is 1. The highest BCUT2D eigenvalue weighted by molar-refractivity contribution is 5.92. The van der Waals surface area contributed by atoms with E-state index < -0.39 is 12.1 Å². The Bertz CT molecular complexity index is 817. The van der Waals surface area contributed by atoms with Crippen molar-refractivity contribution in [1.82, 2.24) is 0 Å². The summed E-state index contributed by atoms with van der Waals surface area (Å²) in [5.74, 6) is -0.499. The maximum atomic E-state index is 12.2. The van der Waals surface area contributed by atoms with Crippen LogP contribution in [0.4, 0.5) is 10.5 Å². The molecule has 1 amide bonds. The molecule has 1 saturated heterocycles. The van der Waals surface area contributed by atoms with Crippen LogP contribution >= 0.6 is 0 Å². The van der Waals surface area contributed by atoms with Crippen molar-refractivity contribution in [3.05, 3.63) is 65.2 Å². The molecule has 29 heavy (non-hydrogen) atoms. The minimum absolute atomic E-state index is 0.151. The Kier molecular flexibility index (Phi) is 7.61. The quantitative estimate of drug-likeness (QED) is 0.700. The summed E-state index contributed by atoms with van der Waals surface area (Å²) in [5.41, 5.74) is 2.35. The number of benzene rings is 2. The predicted octanol–water partition coefficient (Wildman–Crippen LogP) is 4.27. The third kappa shape index (κ3) is 6.58. The molecule has 1 atom stereocenters. The fourth-order valence-corrected chi connectivity index (χ4v) is 2.99. The van der Waals surface area contributed by atoms with Gasteiger partial charge in [0.2, 0.25) is 0 Å². The Balaban J connectivity index is 1.64. The van der Waals surface area contributed by atoms with Crippen molar-refractivity contribution in [2.75, 3.05) is 19.0 Å². The van der Waals surface area contributed by atoms with E-state index in [0.717, 1.165) is 30.4 Å². The van der Waals surface area contributed by atoms with E-state index in [1.807, 2.05) is 30.3 Å². The van der Waals surface area contributed by atoms with E-state index in [0.29, 0.717) is 17.9 Å². The molecule has 1 aliphatic rings. The van der Waals surface area contributed by atoms with Gasteiger partial charge in [-0.1, -0.05) is 30.3 Å². The number of rotatable bonds is 7. The second-order valence-corrected chi connectivity index (χ2v) is 6.70. The van der Waals surface area contributed by atoms with Crippen molar-refractivity contribution < 1.29 is 28.5 Å². The highest BCUT2D eigenvalue weighted by Crippen LogP contribution is 2.20. The zero-order valence-corrected chi connectivity index (χ0v) is 16.4. The van der Waals surface area contributed by atoms with E-state index in [9.17, 15) is 9.59 Å². The molecule has 1 aliphatic heterocycles. The van der Waals surface area contributed by atoms with Gasteiger partial charge in [0.05, 0.1) is 19.3 Å². The molecule has 0 saturated carbocycles. The Labute approximate surface area is 169 Å². The monoisotopic (exact) mass is 399 g/mol. The van der Waals surface area contributed by atoms with Crippen molar-refractivity contribution in [3.63, 3.8) is 0 Å². The molecule has 0 bridgehead atoms. The standard InChI is InChI=1S/C22H25NO6/c1-26-21(24)18-11-17(15-28-20-9-5-6-10-27-20)12-19(13-18)23-22(25)29-14-16-7-3-2-4-8-16/h2-4,7-8,11-13,20H,5-6,9-10,14-15H2,1H3,(H,23,25). The van der Waals surface area contributed by atoms with Gasteiger partial charge in [-0.3, -0.25) is 5.32 Å². The normalized spacial score (nSPS) is 16.1. The number of anilines is 1. The summed E-state index contributed by atoms with van der Waals surface area (Å²) >= 11 is 0. The third-order valence-electron chi connectivity index (χ3n) is 4.45. The van der Waals surface area contributed by atoms with Gasteiger partial charge in [0.15, 0.2) is 6.29 Å². The van der Waals surface area contributed by atoms with Crippen molar-refractivity contribution >= 4 is 17.7 Å². The zero-order chi connectivity index (χ0) is 20.5. The molecule has 1 unspecified atom stereocenters. The van der Waals surface area contributed by atoms with Gasteiger partial charge in [-0.05, 0) is 48.6 Å². The van der Waals surface area contributed by atoms with Crippen molar-refractivity contribution in [2.45, 2.75) is 38.8 Å². The molecular weight excluding hydrogens is 374 g/mol. The molecule has 154 valence electrons. The molecule has 7 nitrogen and oxygen atoms in total. The van der Waals surface area contributed by atoms with Gasteiger partial charge in [0.25, 0.3) is 0 Å². The molecule has 7 heteroatoms. The molecule has 1 heterocycles. The van der Waals surface area contributed by atoms with Gasteiger partial charge in [0.1, 0.15) is 6.61 Å². The van der Waals surface area contributed by atoms with E-state index in [1.165, 1.54) is 13.2 Å². The van der Waals surface area contributed by atoms with Gasteiger partial charge in [-0.25, -0.2) is 9.59 Å². The first kappa shape index (κ1) is 20.8. The smallest absolute Gasteiger partial charge is 0.411 e. The van der Waals surface area contributed by atoms with Crippen LogP contribution in [-0.2, 0) is 32.2 Å². The fourth-order valence-electron chi connectivity index (χ4n) is 2.99. The van der Waals surface area contributed by atoms with Crippen LogP contribution in [0, 0.1) is 0 Å². The number of methoxy groups -OCH3 is 1. The van der Waals surface area contributed by atoms with Gasteiger partial charge < -0.3 is 18.9 Å². The van der Waals surface area contributed by atoms with Crippen molar-refractivity contribution in [1.29, 1.82) is 0 Å². The maximum Gasteiger partial charge on any atom is 0.411 e. The summed E-state index contributed by atoms with van der Waals surface area (Å²) < 4.78 is 21.4. The molecule has 1 fully saturated rings. The van der Waals surface area contributed by atoms with E-state index in [-0.39, 0.29) is 19.5 Å². The van der Waals surface area contributed by atoms with Gasteiger partial charge in [-0.2, -0.15) is 0 Å². The first-order valence-corrected chi connectivity index (χ1v) is 9.57. The molecule has 3 rings (SSSR count). The van der Waals surface area contributed by atoms with Crippen LogP contribution in [0.3, 0.4) is 0 Å². The van der Waals surface area contributed by atoms with Crippen LogP contribution < -0.4 is 5.32 Å². The minimum atomic E-state index is -0.613. The first-order valence-electron chi connectivity index (χ1n) is 9.57. The van der Waals surface area contributed by atoms with Gasteiger partial charge in [0, 0.05) is 12.3 Å². The van der Waals surface area contributed by atoms with E-state index in [4.69, 9.17) is 18.9 Å². The molecule has 2 aromatic carbocycles. The largest absolute Gasteiger partial charge is 0.465 e. The molecule has 1 N–H and O–H groups in total. The van der Waals surface area contributed by atoms with Crippen LogP contribution in [0.25, 0.3) is 0 Å². The van der Waals surface area contributed by atoms with E-state index in [2.05, 4.69) is 5.32 Å². The van der Waals surface area contributed by atoms with Crippen LogP contribution in [0.2, 0.25) is 0 Å². The SMILES string of the molecule is COC(=O)c1cc(COC2CCCCO2)cc(NC(=O)OCc2ccccc2)c1. The lowest BCUT2D eigenvalue weighted by molar-refractivity contribution is -0.168. The lowest BCUT2D eigenvalue weighted by atomic mass is 10.1. The van der Waals surface area contributed by atoms with Crippen molar-refractivity contribution in [3.8, 4) is 0 Å². The Morgan fingerprint density at radius 1 is 1.07 bits per heavy atom. The van der Waals surface area contributed by atoms with Gasteiger partial charge in [-0.15, -0.1) is 0 Å². The van der Waals surface area contributed by atoms with Crippen LogP contribution in [0.5, 0.6) is 0 Å². The lowest BCUT2D eigenvalue weighted by Crippen LogP contribution is -2.22. The molecule has 0 spiro atoms. The molecule has 0 radical (unpaired) electrons. The topological polar surface area (TPSA) is 83.1 Å². The predicted molar refractivity (Wildman–Crippen MR) is 106 cm³/mol. The number of hydrogen-bond donors (Lipinski definition) is 1. The van der Waals surface area contributed by atoms with E-state index in [1.54, 1.807) is 12.1 Å². The minimum Gasteiger partial charge on any atom is -0.465 e. The second-order valence-electron chi connectivity index (χ2n) is 6.70. The van der Waals surface area contributed by atoms with E-state index >= 15 is 0 Å². The number of carbonyl (C=O) groups excluding carboxylic acids is 2. The highest BCUT2D eigenvalue weighted by atomic mass is 16.7. The Morgan fingerprint density at radius 2 is 1.90 bits per heavy atom. The number of ether oxygens (including phenoxy) is 4. The van der Waals surface area contributed by atoms with Crippen LogP contribution in [-0.4, -0.2) is 32.1 Å². The third-order valence-corrected chi connectivity index (χ3v) is 4.45. The molecule has 0 aromatic heterocycles. The number of amides is 1. The summed E-state index contributed by atoms with van der Waals surface area (Å²) in [5, 5.41) is 2.65. The van der Waals surface area contributed by atoms with Gasteiger partial charge >= 0.3 is 12.1 Å². The average Bonchev–Trinajstić information content (AvgIpc) is 2.77. The summed E-state index contributed by atoms with van der Waals surface area (Å²) in [4.78, 5) is 24.1. The summed E-state index contributed by atoms with van der Waals surface area (Å²) in [6, 6.07) is 14.3. The van der Waals surface area contributed by atoms with Crippen molar-refractivity contribution in [2.24, 2.45) is 0 Å². The van der Waals surface area contributed by atoms with Crippen LogP contribution in [0.15, 0.2) is 48.5 Å². The summed E-state index contributed by atoms with van der Waals surface area (Å²) in [6.45, 7) is 1.09. The number of nitrogens with one attached hydrogen (secondary N) is 1. The fraction of sp³-hybridized carbons (Fsp3) is 0.364. The lowest BCUT2D eigenvalue weighted by Gasteiger charge is -2.23. The Hall–Kier alpha value is -2.90. The summed E-state index contributed by atoms with van der Waals surface area (Å²) in [6.07, 6.45) is 2.08. The molecule has 2 aromatic rings. The maximum absolute atomic E-state index is 12.2. The molecular formula is C22H25NO6. The Morgan fingerprint density at radius 3 is 2.62 bits per heavy atom. The number of carbonyl (C=O) groups is 2. The molecule has 0 aliphatic carbocycles. The zero-order valence-electron chi connectivity index (χ0n) is 16.4. The number of hydrogen-bond acceptors (Lipinski definition) is 6. The first-order chi connectivity index (χ1) is 14.1. The highest BCUT2D eigenvalue weighted by Gasteiger charge is 2.16. The average molecular weight is 399 g/mol.